The third kappa shape index (κ3) is 4.23. The second-order valence-electron chi connectivity index (χ2n) is 3.71. The molecule has 2 rings (SSSR count). The van der Waals surface area contributed by atoms with Gasteiger partial charge in [0.25, 0.3) is 0 Å². The Morgan fingerprint density at radius 1 is 1.06 bits per heavy atom. The van der Waals surface area contributed by atoms with Crippen LogP contribution in [0, 0.1) is 0 Å². The number of nitrogens with one attached hydrogen (secondary N) is 1. The first-order chi connectivity index (χ1) is 8.75. The van der Waals surface area contributed by atoms with Gasteiger partial charge >= 0.3 is 0 Å². The minimum Gasteiger partial charge on any atom is -0.384 e. The Bertz CT molecular complexity index is 501. The lowest BCUT2D eigenvalue weighted by molar-refractivity contribution is 1.22. The number of rotatable bonds is 5. The van der Waals surface area contributed by atoms with E-state index in [-0.39, 0.29) is 0 Å². The maximum atomic E-state index is 6.09. The summed E-state index contributed by atoms with van der Waals surface area (Å²) in [5.74, 6) is 0.986. The molecule has 0 atom stereocenters. The maximum Gasteiger partial charge on any atom is 0.0541 e. The van der Waals surface area contributed by atoms with E-state index in [1.807, 2.05) is 36.4 Å². The second-order valence-corrected chi connectivity index (χ2v) is 6.17. The van der Waals surface area contributed by atoms with Crippen molar-refractivity contribution in [3.05, 3.63) is 58.0 Å². The highest BCUT2D eigenvalue weighted by molar-refractivity contribution is 9.10. The first-order valence-corrected chi connectivity index (χ1v) is 7.78. The van der Waals surface area contributed by atoms with Crippen LogP contribution in [-0.4, -0.2) is 12.3 Å². The van der Waals surface area contributed by atoms with E-state index in [1.54, 1.807) is 11.8 Å². The van der Waals surface area contributed by atoms with Crippen molar-refractivity contribution in [3.63, 3.8) is 0 Å². The summed E-state index contributed by atoms with van der Waals surface area (Å²) in [5.41, 5.74) is 1.14. The van der Waals surface area contributed by atoms with Crippen LogP contribution in [-0.2, 0) is 0 Å². The van der Waals surface area contributed by atoms with E-state index in [0.717, 1.165) is 32.4 Å². The molecule has 18 heavy (non-hydrogen) atoms. The number of benzene rings is 2. The predicted molar refractivity (Wildman–Crippen MR) is 84.8 cm³/mol. The van der Waals surface area contributed by atoms with E-state index in [4.69, 9.17) is 11.6 Å². The monoisotopic (exact) mass is 341 g/mol. The minimum absolute atomic E-state index is 0.825. The van der Waals surface area contributed by atoms with Crippen LogP contribution in [0.1, 0.15) is 0 Å². The zero-order valence-electron chi connectivity index (χ0n) is 9.70. The molecule has 1 N–H and O–H groups in total. The van der Waals surface area contributed by atoms with Crippen molar-refractivity contribution >= 4 is 45.0 Å². The van der Waals surface area contributed by atoms with Crippen molar-refractivity contribution in [2.75, 3.05) is 17.6 Å². The van der Waals surface area contributed by atoms with Crippen LogP contribution in [0.3, 0.4) is 0 Å². The SMILES string of the molecule is Clc1ccccc1SCCNc1ccc(Br)cc1. The van der Waals surface area contributed by atoms with Crippen molar-refractivity contribution in [2.24, 2.45) is 0 Å². The van der Waals surface area contributed by atoms with E-state index in [2.05, 4.69) is 33.4 Å². The molecular formula is C14H13BrClNS. The number of thioether (sulfide) groups is 1. The molecule has 1 nitrogen and oxygen atoms in total. The molecule has 0 aromatic heterocycles. The standard InChI is InChI=1S/C14H13BrClNS/c15-11-5-7-12(8-6-11)17-9-10-18-14-4-2-1-3-13(14)16/h1-8,17H,9-10H2. The third-order valence-corrected chi connectivity index (χ3v) is 4.42. The Morgan fingerprint density at radius 2 is 1.78 bits per heavy atom. The van der Waals surface area contributed by atoms with Gasteiger partial charge in [0.05, 0.1) is 5.02 Å². The number of hydrogen-bond acceptors (Lipinski definition) is 2. The molecule has 2 aromatic rings. The molecule has 0 radical (unpaired) electrons. The fourth-order valence-corrected chi connectivity index (χ4v) is 2.85. The molecule has 0 bridgehead atoms. The summed E-state index contributed by atoms with van der Waals surface area (Å²) >= 11 is 11.3. The highest BCUT2D eigenvalue weighted by Crippen LogP contribution is 2.26. The lowest BCUT2D eigenvalue weighted by Crippen LogP contribution is -2.03. The van der Waals surface area contributed by atoms with Crippen molar-refractivity contribution in [1.82, 2.24) is 0 Å². The second kappa shape index (κ2) is 7.07. The molecular weight excluding hydrogens is 330 g/mol. The third-order valence-electron chi connectivity index (χ3n) is 2.37. The van der Waals surface area contributed by atoms with Crippen LogP contribution in [0.4, 0.5) is 5.69 Å². The van der Waals surface area contributed by atoms with Gasteiger partial charge in [-0.05, 0) is 36.4 Å². The van der Waals surface area contributed by atoms with Crippen molar-refractivity contribution in [3.8, 4) is 0 Å². The summed E-state index contributed by atoms with van der Waals surface area (Å²) in [6, 6.07) is 16.1. The average molecular weight is 343 g/mol. The van der Waals surface area contributed by atoms with Gasteiger partial charge in [-0.25, -0.2) is 0 Å². The molecule has 0 heterocycles. The van der Waals surface area contributed by atoms with Crippen LogP contribution < -0.4 is 5.32 Å². The first kappa shape index (κ1) is 13.8. The summed E-state index contributed by atoms with van der Waals surface area (Å²) in [6.07, 6.45) is 0. The molecule has 4 heteroatoms. The van der Waals surface area contributed by atoms with Crippen LogP contribution >= 0.6 is 39.3 Å². The Balaban J connectivity index is 1.76. The van der Waals surface area contributed by atoms with Gasteiger partial charge in [0, 0.05) is 27.4 Å². The molecule has 0 saturated heterocycles. The van der Waals surface area contributed by atoms with Crippen LogP contribution in [0.25, 0.3) is 0 Å². The lowest BCUT2D eigenvalue weighted by atomic mass is 10.3. The van der Waals surface area contributed by atoms with Gasteiger partial charge in [-0.1, -0.05) is 39.7 Å². The number of anilines is 1. The number of hydrogen-bond donors (Lipinski definition) is 1. The Labute approximate surface area is 125 Å². The topological polar surface area (TPSA) is 12.0 Å². The van der Waals surface area contributed by atoms with Gasteiger partial charge in [0.1, 0.15) is 0 Å². The Kier molecular flexibility index (Phi) is 5.42. The van der Waals surface area contributed by atoms with E-state index in [9.17, 15) is 0 Å². The minimum atomic E-state index is 0.825. The zero-order chi connectivity index (χ0) is 12.8. The summed E-state index contributed by atoms with van der Waals surface area (Å²) < 4.78 is 1.10. The van der Waals surface area contributed by atoms with Gasteiger partial charge in [-0.3, -0.25) is 0 Å². The molecule has 0 spiro atoms. The average Bonchev–Trinajstić information content (AvgIpc) is 2.39. The number of halogens is 2. The first-order valence-electron chi connectivity index (χ1n) is 5.62. The largest absolute Gasteiger partial charge is 0.384 e. The van der Waals surface area contributed by atoms with Crippen molar-refractivity contribution in [2.45, 2.75) is 4.90 Å². The van der Waals surface area contributed by atoms with Crippen LogP contribution in [0.15, 0.2) is 57.9 Å². The quantitative estimate of drug-likeness (QED) is 0.584. The predicted octanol–water partition coefficient (Wildman–Crippen LogP) is 5.31. The molecule has 94 valence electrons. The summed E-state index contributed by atoms with van der Waals surface area (Å²) in [5, 5.41) is 4.20. The van der Waals surface area contributed by atoms with Gasteiger partial charge in [0.2, 0.25) is 0 Å². The molecule has 0 aliphatic carbocycles. The fourth-order valence-electron chi connectivity index (χ4n) is 1.49. The lowest BCUT2D eigenvalue weighted by Gasteiger charge is -2.07. The Morgan fingerprint density at radius 3 is 2.50 bits per heavy atom. The highest BCUT2D eigenvalue weighted by Gasteiger charge is 1.99. The molecule has 0 saturated carbocycles. The molecule has 0 fully saturated rings. The van der Waals surface area contributed by atoms with Gasteiger partial charge in [0.15, 0.2) is 0 Å². The van der Waals surface area contributed by atoms with Crippen molar-refractivity contribution in [1.29, 1.82) is 0 Å². The van der Waals surface area contributed by atoms with Crippen LogP contribution in [0.5, 0.6) is 0 Å². The van der Waals surface area contributed by atoms with E-state index < -0.39 is 0 Å². The zero-order valence-corrected chi connectivity index (χ0v) is 12.9. The molecule has 0 aliphatic heterocycles. The van der Waals surface area contributed by atoms with E-state index >= 15 is 0 Å². The molecule has 0 amide bonds. The summed E-state index contributed by atoms with van der Waals surface area (Å²) in [4.78, 5) is 1.14. The normalized spacial score (nSPS) is 10.3. The molecule has 0 unspecified atom stereocenters. The van der Waals surface area contributed by atoms with E-state index in [1.165, 1.54) is 0 Å². The Hall–Kier alpha value is -0.640. The smallest absolute Gasteiger partial charge is 0.0541 e. The summed E-state index contributed by atoms with van der Waals surface area (Å²) in [6.45, 7) is 0.914. The van der Waals surface area contributed by atoms with Gasteiger partial charge in [-0.2, -0.15) is 0 Å². The summed E-state index contributed by atoms with van der Waals surface area (Å²) in [7, 11) is 0. The fraction of sp³-hybridized carbons (Fsp3) is 0.143. The molecule has 2 aromatic carbocycles. The van der Waals surface area contributed by atoms with Crippen molar-refractivity contribution < 1.29 is 0 Å². The van der Waals surface area contributed by atoms with Gasteiger partial charge < -0.3 is 5.32 Å². The highest BCUT2D eigenvalue weighted by atomic mass is 79.9. The van der Waals surface area contributed by atoms with Crippen LogP contribution in [0.2, 0.25) is 5.02 Å². The molecule has 0 aliphatic rings. The van der Waals surface area contributed by atoms with Gasteiger partial charge in [-0.15, -0.1) is 11.8 Å². The van der Waals surface area contributed by atoms with E-state index in [0.29, 0.717) is 0 Å². The maximum absolute atomic E-state index is 6.09.